The predicted molar refractivity (Wildman–Crippen MR) is 104 cm³/mol. The number of urea groups is 1. The van der Waals surface area contributed by atoms with Gasteiger partial charge in [0.05, 0.1) is 11.9 Å². The number of amides is 3. The second-order valence-electron chi connectivity index (χ2n) is 7.68. The SMILES string of the molecule is CC(=O)N(Cc1ccsc1)C1CC12CCN(C(=O)Nc1cnn(C)c1)CC2. The summed E-state index contributed by atoms with van der Waals surface area (Å²) >= 11 is 1.66. The number of nitrogens with zero attached hydrogens (tertiary/aromatic N) is 4. The zero-order chi connectivity index (χ0) is 19.0. The van der Waals surface area contributed by atoms with Crippen molar-refractivity contribution in [2.24, 2.45) is 12.5 Å². The van der Waals surface area contributed by atoms with Gasteiger partial charge in [0.25, 0.3) is 0 Å². The molecule has 27 heavy (non-hydrogen) atoms. The van der Waals surface area contributed by atoms with Crippen LogP contribution >= 0.6 is 11.3 Å². The molecule has 1 saturated carbocycles. The summed E-state index contributed by atoms with van der Waals surface area (Å²) in [5.41, 5.74) is 2.10. The molecule has 8 heteroatoms. The number of aryl methyl sites for hydroxylation is 1. The van der Waals surface area contributed by atoms with Gasteiger partial charge in [0.15, 0.2) is 0 Å². The number of carbonyl (C=O) groups excluding carboxylic acids is 2. The van der Waals surface area contributed by atoms with Crippen molar-refractivity contribution in [3.63, 3.8) is 0 Å². The van der Waals surface area contributed by atoms with Crippen molar-refractivity contribution in [2.75, 3.05) is 18.4 Å². The van der Waals surface area contributed by atoms with Gasteiger partial charge in [-0.15, -0.1) is 0 Å². The zero-order valence-corrected chi connectivity index (χ0v) is 16.5. The van der Waals surface area contributed by atoms with Gasteiger partial charge in [0.1, 0.15) is 0 Å². The lowest BCUT2D eigenvalue weighted by Gasteiger charge is -2.34. The van der Waals surface area contributed by atoms with E-state index >= 15 is 0 Å². The van der Waals surface area contributed by atoms with Gasteiger partial charge >= 0.3 is 6.03 Å². The van der Waals surface area contributed by atoms with Gasteiger partial charge in [0, 0.05) is 45.8 Å². The summed E-state index contributed by atoms with van der Waals surface area (Å²) in [5.74, 6) is 0.139. The van der Waals surface area contributed by atoms with E-state index in [1.54, 1.807) is 35.3 Å². The largest absolute Gasteiger partial charge is 0.335 e. The van der Waals surface area contributed by atoms with Gasteiger partial charge in [-0.25, -0.2) is 4.79 Å². The lowest BCUT2D eigenvalue weighted by molar-refractivity contribution is -0.130. The molecule has 144 valence electrons. The molecule has 4 rings (SSSR count). The maximum absolute atomic E-state index is 12.5. The van der Waals surface area contributed by atoms with E-state index in [2.05, 4.69) is 27.2 Å². The second kappa shape index (κ2) is 6.99. The zero-order valence-electron chi connectivity index (χ0n) is 15.7. The quantitative estimate of drug-likeness (QED) is 0.877. The smallest absolute Gasteiger partial charge is 0.321 e. The standard InChI is InChI=1S/C19H25N5O2S/c1-14(25)24(11-15-3-8-27-13-15)17-9-19(17)4-6-23(7-5-19)18(26)21-16-10-20-22(2)12-16/h3,8,10,12-13,17H,4-7,9,11H2,1-2H3,(H,21,26). The van der Waals surface area contributed by atoms with E-state index in [0.717, 1.165) is 32.4 Å². The molecule has 1 saturated heterocycles. The molecule has 2 aliphatic rings. The molecule has 1 atom stereocenters. The predicted octanol–water partition coefficient (Wildman–Crippen LogP) is 2.92. The molecule has 3 heterocycles. The van der Waals surface area contributed by atoms with Crippen molar-refractivity contribution in [3.05, 3.63) is 34.8 Å². The Morgan fingerprint density at radius 3 is 2.78 bits per heavy atom. The Morgan fingerprint density at radius 1 is 1.41 bits per heavy atom. The lowest BCUT2D eigenvalue weighted by Crippen LogP contribution is -2.44. The number of thiophene rings is 1. The molecule has 7 nitrogen and oxygen atoms in total. The average Bonchev–Trinajstić information content (AvgIpc) is 3.00. The molecule has 1 N–H and O–H groups in total. The number of carbonyl (C=O) groups is 2. The van der Waals surface area contributed by atoms with Crippen molar-refractivity contribution in [3.8, 4) is 0 Å². The number of nitrogens with one attached hydrogen (secondary N) is 1. The number of anilines is 1. The Labute approximate surface area is 162 Å². The number of likely N-dealkylation sites (tertiary alicyclic amines) is 1. The highest BCUT2D eigenvalue weighted by Gasteiger charge is 2.58. The van der Waals surface area contributed by atoms with E-state index in [9.17, 15) is 9.59 Å². The fourth-order valence-corrected chi connectivity index (χ4v) is 4.83. The first-order valence-corrected chi connectivity index (χ1v) is 10.2. The van der Waals surface area contributed by atoms with Gasteiger partial charge in [0.2, 0.25) is 5.91 Å². The van der Waals surface area contributed by atoms with Gasteiger partial charge in [-0.05, 0) is 47.1 Å². The van der Waals surface area contributed by atoms with E-state index in [-0.39, 0.29) is 17.4 Å². The fraction of sp³-hybridized carbons (Fsp3) is 0.526. The van der Waals surface area contributed by atoms with Gasteiger partial charge in [-0.3, -0.25) is 9.48 Å². The summed E-state index contributed by atoms with van der Waals surface area (Å²) in [6.45, 7) is 3.81. The highest BCUT2D eigenvalue weighted by molar-refractivity contribution is 7.07. The van der Waals surface area contributed by atoms with Crippen LogP contribution < -0.4 is 5.32 Å². The van der Waals surface area contributed by atoms with E-state index in [0.29, 0.717) is 18.3 Å². The summed E-state index contributed by atoms with van der Waals surface area (Å²) in [7, 11) is 1.82. The van der Waals surface area contributed by atoms with Crippen LogP contribution in [0.25, 0.3) is 0 Å². The monoisotopic (exact) mass is 387 g/mol. The Kier molecular flexibility index (Phi) is 4.67. The van der Waals surface area contributed by atoms with Crippen LogP contribution in [0.1, 0.15) is 31.7 Å². The number of hydrogen-bond donors (Lipinski definition) is 1. The van der Waals surface area contributed by atoms with Crippen molar-refractivity contribution in [1.29, 1.82) is 0 Å². The molecule has 0 bridgehead atoms. The van der Waals surface area contributed by atoms with E-state index in [1.807, 2.05) is 16.8 Å². The Balaban J connectivity index is 1.33. The molecule has 1 aliphatic carbocycles. The molecule has 1 aliphatic heterocycles. The summed E-state index contributed by atoms with van der Waals surface area (Å²) in [6, 6.07) is 2.32. The third kappa shape index (κ3) is 3.71. The lowest BCUT2D eigenvalue weighted by atomic mass is 9.92. The molecule has 2 aromatic rings. The normalized spacial score (nSPS) is 20.5. The minimum atomic E-state index is -0.0725. The summed E-state index contributed by atoms with van der Waals surface area (Å²) in [4.78, 5) is 28.5. The molecule has 2 aromatic heterocycles. The van der Waals surface area contributed by atoms with E-state index < -0.39 is 0 Å². The fourth-order valence-electron chi connectivity index (χ4n) is 4.17. The van der Waals surface area contributed by atoms with Gasteiger partial charge in [-0.1, -0.05) is 0 Å². The van der Waals surface area contributed by atoms with Crippen molar-refractivity contribution in [1.82, 2.24) is 19.6 Å². The van der Waals surface area contributed by atoms with E-state index in [4.69, 9.17) is 0 Å². The number of piperidine rings is 1. The summed E-state index contributed by atoms with van der Waals surface area (Å²) in [5, 5.41) is 11.1. The van der Waals surface area contributed by atoms with Crippen molar-refractivity contribution >= 4 is 29.0 Å². The van der Waals surface area contributed by atoms with Crippen LogP contribution in [-0.2, 0) is 18.4 Å². The number of rotatable bonds is 4. The van der Waals surface area contributed by atoms with Crippen LogP contribution in [0.5, 0.6) is 0 Å². The molecule has 0 aromatic carbocycles. The first-order chi connectivity index (χ1) is 13.0. The average molecular weight is 388 g/mol. The molecule has 1 spiro atoms. The highest BCUT2D eigenvalue weighted by Crippen LogP contribution is 2.57. The Bertz CT molecular complexity index is 823. The first-order valence-electron chi connectivity index (χ1n) is 9.30. The minimum absolute atomic E-state index is 0.0725. The third-order valence-corrected chi connectivity index (χ3v) is 6.59. The third-order valence-electron chi connectivity index (χ3n) is 5.86. The maximum atomic E-state index is 12.5. The maximum Gasteiger partial charge on any atom is 0.321 e. The molecule has 3 amide bonds. The minimum Gasteiger partial charge on any atom is -0.335 e. The van der Waals surface area contributed by atoms with Crippen LogP contribution in [0.15, 0.2) is 29.2 Å². The van der Waals surface area contributed by atoms with Crippen molar-refractivity contribution in [2.45, 2.75) is 38.8 Å². The van der Waals surface area contributed by atoms with Crippen LogP contribution in [-0.4, -0.2) is 50.6 Å². The van der Waals surface area contributed by atoms with Crippen LogP contribution in [0.2, 0.25) is 0 Å². The molecular weight excluding hydrogens is 362 g/mol. The number of hydrogen-bond acceptors (Lipinski definition) is 4. The van der Waals surface area contributed by atoms with Crippen LogP contribution in [0.4, 0.5) is 10.5 Å². The van der Waals surface area contributed by atoms with Gasteiger partial charge in [-0.2, -0.15) is 16.4 Å². The summed E-state index contributed by atoms with van der Waals surface area (Å²) in [6.07, 6.45) is 6.39. The van der Waals surface area contributed by atoms with Gasteiger partial charge < -0.3 is 15.1 Å². The van der Waals surface area contributed by atoms with Crippen LogP contribution in [0, 0.1) is 5.41 Å². The molecular formula is C19H25N5O2S. The van der Waals surface area contributed by atoms with Crippen LogP contribution in [0.3, 0.4) is 0 Å². The topological polar surface area (TPSA) is 70.5 Å². The molecule has 1 unspecified atom stereocenters. The Morgan fingerprint density at radius 2 is 2.19 bits per heavy atom. The highest BCUT2D eigenvalue weighted by atomic mass is 32.1. The number of aromatic nitrogens is 2. The van der Waals surface area contributed by atoms with Crippen molar-refractivity contribution < 1.29 is 9.59 Å². The molecule has 2 fully saturated rings. The second-order valence-corrected chi connectivity index (χ2v) is 8.46. The Hall–Kier alpha value is -2.35. The first kappa shape index (κ1) is 18.0. The molecule has 0 radical (unpaired) electrons. The van der Waals surface area contributed by atoms with E-state index in [1.165, 1.54) is 5.56 Å². The summed E-state index contributed by atoms with van der Waals surface area (Å²) < 4.78 is 1.67.